The van der Waals surface area contributed by atoms with Crippen molar-refractivity contribution in [3.05, 3.63) is 0 Å². The third kappa shape index (κ3) is 2.90. The third-order valence-electron chi connectivity index (χ3n) is 3.83. The first-order valence-corrected chi connectivity index (χ1v) is 7.35. The molecule has 1 saturated carbocycles. The van der Waals surface area contributed by atoms with Gasteiger partial charge in [0.1, 0.15) is 0 Å². The van der Waals surface area contributed by atoms with Gasteiger partial charge in [-0.25, -0.2) is 0 Å². The SMILES string of the molecule is C[C@@H](NC1CCSCC1)C1CCCC1. The van der Waals surface area contributed by atoms with Gasteiger partial charge in [0.25, 0.3) is 0 Å². The summed E-state index contributed by atoms with van der Waals surface area (Å²) >= 11 is 2.12. The molecule has 1 atom stereocenters. The van der Waals surface area contributed by atoms with Gasteiger partial charge in [-0.1, -0.05) is 12.8 Å². The first kappa shape index (κ1) is 10.8. The van der Waals surface area contributed by atoms with Gasteiger partial charge in [-0.2, -0.15) is 11.8 Å². The molecule has 2 fully saturated rings. The van der Waals surface area contributed by atoms with E-state index in [0.29, 0.717) is 0 Å². The van der Waals surface area contributed by atoms with E-state index in [1.807, 2.05) is 0 Å². The Morgan fingerprint density at radius 1 is 1.07 bits per heavy atom. The molecule has 1 heterocycles. The lowest BCUT2D eigenvalue weighted by atomic mass is 9.98. The second-order valence-corrected chi connectivity index (χ2v) is 6.11. The van der Waals surface area contributed by atoms with E-state index in [9.17, 15) is 0 Å². The molecule has 0 aromatic rings. The summed E-state index contributed by atoms with van der Waals surface area (Å²) in [4.78, 5) is 0. The molecule has 14 heavy (non-hydrogen) atoms. The van der Waals surface area contributed by atoms with Crippen molar-refractivity contribution in [3.63, 3.8) is 0 Å². The number of nitrogens with one attached hydrogen (secondary N) is 1. The second-order valence-electron chi connectivity index (χ2n) is 4.89. The second kappa shape index (κ2) is 5.41. The van der Waals surface area contributed by atoms with Gasteiger partial charge in [0.15, 0.2) is 0 Å². The molecule has 1 N–H and O–H groups in total. The van der Waals surface area contributed by atoms with Crippen molar-refractivity contribution in [3.8, 4) is 0 Å². The maximum Gasteiger partial charge on any atom is 0.00853 e. The minimum atomic E-state index is 0.769. The fraction of sp³-hybridized carbons (Fsp3) is 1.00. The van der Waals surface area contributed by atoms with Crippen molar-refractivity contribution in [2.75, 3.05) is 11.5 Å². The predicted molar refractivity (Wildman–Crippen MR) is 64.9 cm³/mol. The molecule has 0 spiro atoms. The van der Waals surface area contributed by atoms with Crippen molar-refractivity contribution in [2.45, 2.75) is 57.5 Å². The first-order valence-electron chi connectivity index (χ1n) is 6.20. The lowest BCUT2D eigenvalue weighted by Gasteiger charge is -2.29. The highest BCUT2D eigenvalue weighted by Gasteiger charge is 2.24. The van der Waals surface area contributed by atoms with E-state index >= 15 is 0 Å². The van der Waals surface area contributed by atoms with Crippen LogP contribution in [0.4, 0.5) is 0 Å². The van der Waals surface area contributed by atoms with Crippen LogP contribution in [0.3, 0.4) is 0 Å². The lowest BCUT2D eigenvalue weighted by molar-refractivity contribution is 0.330. The molecule has 1 aliphatic carbocycles. The summed E-state index contributed by atoms with van der Waals surface area (Å²) < 4.78 is 0. The van der Waals surface area contributed by atoms with Crippen LogP contribution in [-0.4, -0.2) is 23.6 Å². The summed E-state index contributed by atoms with van der Waals surface area (Å²) in [5.41, 5.74) is 0. The topological polar surface area (TPSA) is 12.0 Å². The molecule has 0 aromatic carbocycles. The summed E-state index contributed by atoms with van der Waals surface area (Å²) in [6, 6.07) is 1.59. The van der Waals surface area contributed by atoms with E-state index in [1.165, 1.54) is 50.0 Å². The van der Waals surface area contributed by atoms with Crippen molar-refractivity contribution < 1.29 is 0 Å². The molecule has 0 bridgehead atoms. The van der Waals surface area contributed by atoms with Crippen LogP contribution >= 0.6 is 11.8 Å². The highest BCUT2D eigenvalue weighted by Crippen LogP contribution is 2.28. The summed E-state index contributed by atoms with van der Waals surface area (Å²) in [7, 11) is 0. The number of thioether (sulfide) groups is 1. The summed E-state index contributed by atoms with van der Waals surface area (Å²) in [6.45, 7) is 2.40. The quantitative estimate of drug-likeness (QED) is 0.773. The fourth-order valence-electron chi connectivity index (χ4n) is 2.83. The van der Waals surface area contributed by atoms with Crippen molar-refractivity contribution in [2.24, 2.45) is 5.92 Å². The number of hydrogen-bond acceptors (Lipinski definition) is 2. The maximum absolute atomic E-state index is 3.85. The van der Waals surface area contributed by atoms with Gasteiger partial charge in [-0.05, 0) is 50.0 Å². The Bertz CT molecular complexity index is 160. The Labute approximate surface area is 92.4 Å². The molecule has 2 rings (SSSR count). The van der Waals surface area contributed by atoms with E-state index in [4.69, 9.17) is 0 Å². The van der Waals surface area contributed by atoms with Crippen LogP contribution in [0.15, 0.2) is 0 Å². The van der Waals surface area contributed by atoms with E-state index in [2.05, 4.69) is 24.0 Å². The monoisotopic (exact) mass is 213 g/mol. The summed E-state index contributed by atoms with van der Waals surface area (Å²) in [5, 5.41) is 3.85. The van der Waals surface area contributed by atoms with Crippen LogP contribution < -0.4 is 5.32 Å². The molecule has 2 heteroatoms. The van der Waals surface area contributed by atoms with Gasteiger partial charge in [0.05, 0.1) is 0 Å². The van der Waals surface area contributed by atoms with Gasteiger partial charge in [-0.15, -0.1) is 0 Å². The fourth-order valence-corrected chi connectivity index (χ4v) is 3.94. The molecule has 0 unspecified atom stereocenters. The van der Waals surface area contributed by atoms with Crippen LogP contribution in [0, 0.1) is 5.92 Å². The van der Waals surface area contributed by atoms with E-state index in [-0.39, 0.29) is 0 Å². The minimum Gasteiger partial charge on any atom is -0.311 e. The average molecular weight is 213 g/mol. The van der Waals surface area contributed by atoms with Crippen LogP contribution in [0.5, 0.6) is 0 Å². The average Bonchev–Trinajstić information content (AvgIpc) is 2.72. The van der Waals surface area contributed by atoms with Gasteiger partial charge in [0.2, 0.25) is 0 Å². The third-order valence-corrected chi connectivity index (χ3v) is 4.88. The van der Waals surface area contributed by atoms with Gasteiger partial charge in [-0.3, -0.25) is 0 Å². The molecule has 1 saturated heterocycles. The Morgan fingerprint density at radius 3 is 2.36 bits per heavy atom. The van der Waals surface area contributed by atoms with Crippen LogP contribution in [0.25, 0.3) is 0 Å². The minimum absolute atomic E-state index is 0.769. The standard InChI is InChI=1S/C12H23NS/c1-10(11-4-2-3-5-11)13-12-6-8-14-9-7-12/h10-13H,2-9H2,1H3/t10-/m1/s1. The van der Waals surface area contributed by atoms with Crippen LogP contribution in [0.2, 0.25) is 0 Å². The molecule has 0 aromatic heterocycles. The zero-order valence-corrected chi connectivity index (χ0v) is 10.1. The molecular formula is C12H23NS. The van der Waals surface area contributed by atoms with E-state index in [0.717, 1.165) is 18.0 Å². The summed E-state index contributed by atoms with van der Waals surface area (Å²) in [6.07, 6.45) is 8.66. The highest BCUT2D eigenvalue weighted by molar-refractivity contribution is 7.99. The number of hydrogen-bond donors (Lipinski definition) is 1. The van der Waals surface area contributed by atoms with Crippen molar-refractivity contribution in [1.29, 1.82) is 0 Å². The van der Waals surface area contributed by atoms with Crippen LogP contribution in [-0.2, 0) is 0 Å². The summed E-state index contributed by atoms with van der Waals surface area (Å²) in [5.74, 6) is 3.72. The van der Waals surface area contributed by atoms with Crippen molar-refractivity contribution >= 4 is 11.8 Å². The van der Waals surface area contributed by atoms with E-state index in [1.54, 1.807) is 0 Å². The highest BCUT2D eigenvalue weighted by atomic mass is 32.2. The first-order chi connectivity index (χ1) is 6.86. The largest absolute Gasteiger partial charge is 0.311 e. The Morgan fingerprint density at radius 2 is 1.71 bits per heavy atom. The lowest BCUT2D eigenvalue weighted by Crippen LogP contribution is -2.42. The Hall–Kier alpha value is 0.310. The van der Waals surface area contributed by atoms with Gasteiger partial charge >= 0.3 is 0 Å². The Balaban J connectivity index is 1.72. The normalized spacial score (nSPS) is 28.1. The molecule has 0 radical (unpaired) electrons. The zero-order chi connectivity index (χ0) is 9.80. The zero-order valence-electron chi connectivity index (χ0n) is 9.30. The van der Waals surface area contributed by atoms with Gasteiger partial charge < -0.3 is 5.32 Å². The van der Waals surface area contributed by atoms with Crippen LogP contribution in [0.1, 0.15) is 45.4 Å². The van der Waals surface area contributed by atoms with E-state index < -0.39 is 0 Å². The molecule has 2 aliphatic rings. The molecule has 82 valence electrons. The smallest absolute Gasteiger partial charge is 0.00853 e. The Kier molecular flexibility index (Phi) is 4.18. The van der Waals surface area contributed by atoms with Crippen molar-refractivity contribution in [1.82, 2.24) is 5.32 Å². The molecule has 1 aliphatic heterocycles. The number of rotatable bonds is 3. The molecular weight excluding hydrogens is 190 g/mol. The molecule has 1 nitrogen and oxygen atoms in total. The van der Waals surface area contributed by atoms with Gasteiger partial charge in [0, 0.05) is 12.1 Å². The predicted octanol–water partition coefficient (Wildman–Crippen LogP) is 3.05. The molecule has 0 amide bonds. The maximum atomic E-state index is 3.85.